The zero-order valence-electron chi connectivity index (χ0n) is 9.32. The number of rotatable bonds is 2. The van der Waals surface area contributed by atoms with E-state index in [1.165, 1.54) is 12.1 Å². The first-order chi connectivity index (χ1) is 8.40. The minimum atomic E-state index is -4.85. The average Bonchev–Trinajstić information content (AvgIpc) is 2.68. The van der Waals surface area contributed by atoms with Crippen LogP contribution < -0.4 is 0 Å². The van der Waals surface area contributed by atoms with Crippen LogP contribution in [0, 0.1) is 0 Å². The number of carbonyl (C=O) groups is 1. The molecule has 0 fully saturated rings. The van der Waals surface area contributed by atoms with Crippen LogP contribution >= 0.6 is 0 Å². The molecule has 3 nitrogen and oxygen atoms in total. The number of ether oxygens (including phenoxy) is 2. The Kier molecular flexibility index (Phi) is 2.90. The molecule has 1 unspecified atom stereocenters. The van der Waals surface area contributed by atoms with E-state index in [-0.39, 0.29) is 11.1 Å². The third-order valence-electron chi connectivity index (χ3n) is 2.61. The molecule has 96 valence electrons. The molecule has 0 spiro atoms. The predicted molar refractivity (Wildman–Crippen MR) is 56.3 cm³/mol. The summed E-state index contributed by atoms with van der Waals surface area (Å²) in [5.74, 6) is -4.10. The minimum Gasteiger partial charge on any atom is -0.416 e. The van der Waals surface area contributed by atoms with E-state index < -0.39 is 17.9 Å². The first-order valence-electron chi connectivity index (χ1n) is 5.03. The number of methoxy groups -OCH3 is 1. The second kappa shape index (κ2) is 4.13. The van der Waals surface area contributed by atoms with Gasteiger partial charge in [0.25, 0.3) is 0 Å². The number of hydrogen-bond donors (Lipinski definition) is 0. The lowest BCUT2D eigenvalue weighted by atomic mass is 9.98. The van der Waals surface area contributed by atoms with Crippen molar-refractivity contribution < 1.29 is 27.4 Å². The average molecular weight is 258 g/mol. The molecular weight excluding hydrogens is 249 g/mol. The van der Waals surface area contributed by atoms with Crippen molar-refractivity contribution in [1.82, 2.24) is 0 Å². The Bertz CT molecular complexity index is 493. The van der Waals surface area contributed by atoms with Gasteiger partial charge in [-0.25, -0.2) is 4.79 Å². The fraction of sp³-hybridized carbons (Fsp3) is 0.250. The zero-order valence-corrected chi connectivity index (χ0v) is 9.32. The molecule has 18 heavy (non-hydrogen) atoms. The first kappa shape index (κ1) is 12.6. The van der Waals surface area contributed by atoms with Gasteiger partial charge < -0.3 is 9.47 Å². The Morgan fingerprint density at radius 2 is 1.83 bits per heavy atom. The molecule has 0 bridgehead atoms. The summed E-state index contributed by atoms with van der Waals surface area (Å²) in [5, 5.41) is 0. The lowest BCUT2D eigenvalue weighted by Gasteiger charge is -2.31. The van der Waals surface area contributed by atoms with Crippen LogP contribution in [0.25, 0.3) is 5.57 Å². The molecule has 0 aliphatic carbocycles. The van der Waals surface area contributed by atoms with Crippen LogP contribution in [0.1, 0.15) is 5.56 Å². The van der Waals surface area contributed by atoms with Gasteiger partial charge in [0.2, 0.25) is 0 Å². The summed E-state index contributed by atoms with van der Waals surface area (Å²) in [5.41, 5.74) is -0.120. The number of benzene rings is 1. The molecule has 0 amide bonds. The monoisotopic (exact) mass is 258 g/mol. The normalized spacial score (nSPS) is 23.8. The van der Waals surface area contributed by atoms with Gasteiger partial charge in [-0.3, -0.25) is 0 Å². The van der Waals surface area contributed by atoms with Crippen molar-refractivity contribution in [2.45, 2.75) is 12.0 Å². The van der Waals surface area contributed by atoms with Crippen molar-refractivity contribution in [3.8, 4) is 0 Å². The van der Waals surface area contributed by atoms with Gasteiger partial charge >= 0.3 is 17.9 Å². The van der Waals surface area contributed by atoms with E-state index in [1.54, 1.807) is 18.2 Å². The first-order valence-corrected chi connectivity index (χ1v) is 5.03. The third kappa shape index (κ3) is 1.78. The number of cyclic esters (lactones) is 1. The number of hydrogen-bond acceptors (Lipinski definition) is 3. The van der Waals surface area contributed by atoms with Crippen molar-refractivity contribution in [2.24, 2.45) is 0 Å². The fourth-order valence-electron chi connectivity index (χ4n) is 1.81. The number of carbonyl (C=O) groups excluding carboxylic acids is 1. The summed E-state index contributed by atoms with van der Waals surface area (Å²) in [7, 11) is 0.850. The van der Waals surface area contributed by atoms with Crippen LogP contribution in [-0.2, 0) is 14.3 Å². The van der Waals surface area contributed by atoms with Crippen LogP contribution in [0.2, 0.25) is 0 Å². The smallest absolute Gasteiger partial charge is 0.416 e. The Morgan fingerprint density at radius 3 is 2.33 bits per heavy atom. The van der Waals surface area contributed by atoms with E-state index in [0.717, 1.165) is 13.2 Å². The molecule has 1 aromatic rings. The Labute approximate surface area is 101 Å². The van der Waals surface area contributed by atoms with Gasteiger partial charge in [0, 0.05) is 18.8 Å². The van der Waals surface area contributed by atoms with E-state index in [0.29, 0.717) is 0 Å². The molecule has 0 radical (unpaired) electrons. The Morgan fingerprint density at radius 1 is 1.22 bits per heavy atom. The quantitative estimate of drug-likeness (QED) is 0.765. The molecule has 1 heterocycles. The summed E-state index contributed by atoms with van der Waals surface area (Å²) in [6.07, 6.45) is -4.05. The second-order valence-corrected chi connectivity index (χ2v) is 3.66. The van der Waals surface area contributed by atoms with E-state index >= 15 is 0 Å². The zero-order chi connectivity index (χ0) is 13.4. The molecule has 6 heteroatoms. The van der Waals surface area contributed by atoms with Crippen molar-refractivity contribution >= 4 is 11.5 Å². The summed E-state index contributed by atoms with van der Waals surface area (Å²) < 4.78 is 48.1. The lowest BCUT2D eigenvalue weighted by Crippen LogP contribution is -2.48. The lowest BCUT2D eigenvalue weighted by molar-refractivity contribution is -0.325. The van der Waals surface area contributed by atoms with E-state index in [4.69, 9.17) is 0 Å². The van der Waals surface area contributed by atoms with Crippen molar-refractivity contribution in [1.29, 1.82) is 0 Å². The van der Waals surface area contributed by atoms with E-state index in [2.05, 4.69) is 9.47 Å². The highest BCUT2D eigenvalue weighted by Gasteiger charge is 2.64. The number of esters is 1. The maximum atomic E-state index is 13.1. The van der Waals surface area contributed by atoms with Crippen molar-refractivity contribution in [3.05, 3.63) is 42.0 Å². The minimum absolute atomic E-state index is 0.225. The molecule has 1 atom stereocenters. The van der Waals surface area contributed by atoms with Crippen LogP contribution in [0.4, 0.5) is 13.2 Å². The SMILES string of the molecule is COC1(C(F)(F)F)OC(=O)C=C1c1ccccc1. The van der Waals surface area contributed by atoms with E-state index in [9.17, 15) is 18.0 Å². The van der Waals surface area contributed by atoms with Crippen LogP contribution in [0.5, 0.6) is 0 Å². The summed E-state index contributed by atoms with van der Waals surface area (Å²) >= 11 is 0. The highest BCUT2D eigenvalue weighted by atomic mass is 19.4. The van der Waals surface area contributed by atoms with Gasteiger partial charge in [0.05, 0.1) is 0 Å². The standard InChI is InChI=1S/C12H9F3O3/c1-17-11(12(13,14)15)9(7-10(16)18-11)8-5-3-2-4-6-8/h2-7H,1H3. The predicted octanol–water partition coefficient (Wildman–Crippen LogP) is 2.53. The largest absolute Gasteiger partial charge is 0.460 e. The fourth-order valence-corrected chi connectivity index (χ4v) is 1.81. The molecule has 1 aromatic carbocycles. The maximum Gasteiger partial charge on any atom is 0.460 e. The van der Waals surface area contributed by atoms with Crippen molar-refractivity contribution in [3.63, 3.8) is 0 Å². The third-order valence-corrected chi connectivity index (χ3v) is 2.61. The molecule has 2 rings (SSSR count). The highest BCUT2D eigenvalue weighted by molar-refractivity contribution is 5.98. The van der Waals surface area contributed by atoms with Gasteiger partial charge in [0.1, 0.15) is 0 Å². The van der Waals surface area contributed by atoms with Crippen LogP contribution in [0.15, 0.2) is 36.4 Å². The Balaban J connectivity index is 2.56. The topological polar surface area (TPSA) is 35.5 Å². The summed E-state index contributed by atoms with van der Waals surface area (Å²) in [6.45, 7) is 0. The van der Waals surface area contributed by atoms with Gasteiger partial charge in [-0.05, 0) is 5.56 Å². The molecular formula is C12H9F3O3. The Hall–Kier alpha value is -1.82. The van der Waals surface area contributed by atoms with Gasteiger partial charge in [-0.15, -0.1) is 0 Å². The van der Waals surface area contributed by atoms with Gasteiger partial charge in [-0.2, -0.15) is 13.2 Å². The summed E-state index contributed by atoms with van der Waals surface area (Å²) in [4.78, 5) is 11.2. The van der Waals surface area contributed by atoms with Crippen LogP contribution in [-0.4, -0.2) is 25.0 Å². The summed E-state index contributed by atoms with van der Waals surface area (Å²) in [6, 6.07) is 7.69. The van der Waals surface area contributed by atoms with Crippen molar-refractivity contribution in [2.75, 3.05) is 7.11 Å². The number of alkyl halides is 3. The maximum absolute atomic E-state index is 13.1. The number of halogens is 3. The highest BCUT2D eigenvalue weighted by Crippen LogP contribution is 2.47. The molecule has 1 aliphatic heterocycles. The molecule has 0 N–H and O–H groups in total. The van der Waals surface area contributed by atoms with Gasteiger partial charge in [-0.1, -0.05) is 30.3 Å². The van der Waals surface area contributed by atoms with Crippen LogP contribution in [0.3, 0.4) is 0 Å². The molecule has 1 aliphatic rings. The second-order valence-electron chi connectivity index (χ2n) is 3.66. The molecule has 0 aromatic heterocycles. The van der Waals surface area contributed by atoms with Gasteiger partial charge in [0.15, 0.2) is 0 Å². The molecule has 0 saturated carbocycles. The van der Waals surface area contributed by atoms with E-state index in [1.807, 2.05) is 0 Å². The molecule has 0 saturated heterocycles.